The normalized spacial score (nSPS) is 11.8. The van der Waals surface area contributed by atoms with E-state index in [9.17, 15) is 5.11 Å². The van der Waals surface area contributed by atoms with Gasteiger partial charge in [0.2, 0.25) is 0 Å². The first-order valence-corrected chi connectivity index (χ1v) is 10.0. The van der Waals surface area contributed by atoms with Crippen LogP contribution in [0.5, 0.6) is 5.75 Å². The van der Waals surface area contributed by atoms with Gasteiger partial charge in [0.15, 0.2) is 0 Å². The van der Waals surface area contributed by atoms with Gasteiger partial charge in [0.25, 0.3) is 0 Å². The molecule has 1 nitrogen and oxygen atoms in total. The number of rotatable bonds is 3. The standard InChI is InChI=1S/C20H26OS2/c1-12-8-16(9-13(2)18(12)20(5,6)7)22-23-17-10-14(3)19(21)15(4)11-17/h8-11,21H,1-7H3. The van der Waals surface area contributed by atoms with Crippen LogP contribution < -0.4 is 0 Å². The Morgan fingerprint density at radius 3 is 1.39 bits per heavy atom. The third kappa shape index (κ3) is 4.27. The molecule has 23 heavy (non-hydrogen) atoms. The van der Waals surface area contributed by atoms with Crippen LogP contribution in [-0.4, -0.2) is 5.11 Å². The summed E-state index contributed by atoms with van der Waals surface area (Å²) in [5.41, 5.74) is 6.21. The van der Waals surface area contributed by atoms with Crippen molar-refractivity contribution in [1.29, 1.82) is 0 Å². The number of phenolic OH excluding ortho intramolecular Hbond substituents is 1. The maximum Gasteiger partial charge on any atom is 0.121 e. The minimum absolute atomic E-state index is 0.176. The van der Waals surface area contributed by atoms with Gasteiger partial charge in [0.1, 0.15) is 5.75 Å². The second kappa shape index (κ2) is 6.82. The van der Waals surface area contributed by atoms with Crippen LogP contribution in [0.25, 0.3) is 0 Å². The van der Waals surface area contributed by atoms with E-state index in [-0.39, 0.29) is 5.41 Å². The van der Waals surface area contributed by atoms with E-state index in [1.165, 1.54) is 26.5 Å². The molecule has 0 aromatic heterocycles. The number of benzene rings is 2. The summed E-state index contributed by atoms with van der Waals surface area (Å²) in [4.78, 5) is 2.46. The summed E-state index contributed by atoms with van der Waals surface area (Å²) in [6.45, 7) is 15.1. The van der Waals surface area contributed by atoms with Crippen molar-refractivity contribution >= 4 is 21.6 Å². The van der Waals surface area contributed by atoms with Gasteiger partial charge in [-0.2, -0.15) is 0 Å². The second-order valence-corrected chi connectivity index (χ2v) is 9.53. The highest BCUT2D eigenvalue weighted by atomic mass is 33.1. The molecule has 0 amide bonds. The topological polar surface area (TPSA) is 20.2 Å². The second-order valence-electron chi connectivity index (χ2n) is 7.25. The highest BCUT2D eigenvalue weighted by Crippen LogP contribution is 2.41. The number of aryl methyl sites for hydroxylation is 4. The first-order chi connectivity index (χ1) is 10.6. The van der Waals surface area contributed by atoms with E-state index in [0.29, 0.717) is 5.75 Å². The molecule has 0 aliphatic rings. The van der Waals surface area contributed by atoms with Crippen LogP contribution >= 0.6 is 21.6 Å². The van der Waals surface area contributed by atoms with Gasteiger partial charge in [-0.1, -0.05) is 42.4 Å². The highest BCUT2D eigenvalue weighted by molar-refractivity contribution is 8.76. The zero-order valence-corrected chi connectivity index (χ0v) is 16.7. The van der Waals surface area contributed by atoms with Crippen molar-refractivity contribution in [2.24, 2.45) is 0 Å². The Labute approximate surface area is 148 Å². The largest absolute Gasteiger partial charge is 0.507 e. The molecule has 124 valence electrons. The van der Waals surface area contributed by atoms with Crippen LogP contribution in [0.1, 0.15) is 48.6 Å². The molecule has 0 unspecified atom stereocenters. The molecule has 2 aromatic rings. The minimum atomic E-state index is 0.176. The molecule has 0 heterocycles. The molecule has 0 aliphatic heterocycles. The Morgan fingerprint density at radius 2 is 1.04 bits per heavy atom. The van der Waals surface area contributed by atoms with E-state index in [4.69, 9.17) is 0 Å². The fourth-order valence-electron chi connectivity index (χ4n) is 3.22. The molecule has 0 spiro atoms. The molecule has 0 bridgehead atoms. The van der Waals surface area contributed by atoms with Crippen molar-refractivity contribution in [2.45, 2.75) is 63.7 Å². The minimum Gasteiger partial charge on any atom is -0.507 e. The van der Waals surface area contributed by atoms with Crippen LogP contribution in [0.15, 0.2) is 34.1 Å². The van der Waals surface area contributed by atoms with Gasteiger partial charge in [0, 0.05) is 9.79 Å². The summed E-state index contributed by atoms with van der Waals surface area (Å²) in [6, 6.07) is 8.66. The van der Waals surface area contributed by atoms with Crippen LogP contribution in [0, 0.1) is 27.7 Å². The third-order valence-electron chi connectivity index (χ3n) is 3.95. The SMILES string of the molecule is Cc1cc(SSc2cc(C)c(C(C)(C)C)c(C)c2)cc(C)c1O. The van der Waals surface area contributed by atoms with Crippen LogP contribution in [0.4, 0.5) is 0 Å². The molecule has 0 atom stereocenters. The first kappa shape index (κ1) is 18.3. The Hall–Kier alpha value is -1.06. The van der Waals surface area contributed by atoms with E-state index in [1.54, 1.807) is 21.6 Å². The number of hydrogen-bond donors (Lipinski definition) is 1. The van der Waals surface area contributed by atoms with Gasteiger partial charge in [-0.25, -0.2) is 0 Å². The fraction of sp³-hybridized carbons (Fsp3) is 0.400. The van der Waals surface area contributed by atoms with Crippen molar-refractivity contribution in [3.63, 3.8) is 0 Å². The molecular formula is C20H26OS2. The summed E-state index contributed by atoms with van der Waals surface area (Å²) in [6.07, 6.45) is 0. The molecule has 3 heteroatoms. The van der Waals surface area contributed by atoms with E-state index >= 15 is 0 Å². The molecule has 1 N–H and O–H groups in total. The van der Waals surface area contributed by atoms with Crippen molar-refractivity contribution < 1.29 is 5.11 Å². The lowest BCUT2D eigenvalue weighted by Crippen LogP contribution is -2.15. The molecular weight excluding hydrogens is 320 g/mol. The monoisotopic (exact) mass is 346 g/mol. The zero-order chi connectivity index (χ0) is 17.4. The van der Waals surface area contributed by atoms with Crippen molar-refractivity contribution in [1.82, 2.24) is 0 Å². The zero-order valence-electron chi connectivity index (χ0n) is 15.1. The summed E-state index contributed by atoms with van der Waals surface area (Å²) in [5, 5.41) is 9.88. The predicted octanol–water partition coefficient (Wildman–Crippen LogP) is 6.72. The lowest BCUT2D eigenvalue weighted by molar-refractivity contribution is 0.466. The predicted molar refractivity (Wildman–Crippen MR) is 104 cm³/mol. The molecule has 2 rings (SSSR count). The smallest absolute Gasteiger partial charge is 0.121 e. The number of hydrogen-bond acceptors (Lipinski definition) is 3. The molecule has 0 radical (unpaired) electrons. The number of aromatic hydroxyl groups is 1. The summed E-state index contributed by atoms with van der Waals surface area (Å²) in [5.74, 6) is 0.403. The average Bonchev–Trinajstić information content (AvgIpc) is 2.40. The van der Waals surface area contributed by atoms with Gasteiger partial charge in [-0.3, -0.25) is 0 Å². The molecule has 2 aromatic carbocycles. The van der Waals surface area contributed by atoms with Crippen molar-refractivity contribution in [2.75, 3.05) is 0 Å². The Balaban J connectivity index is 2.22. The Bertz CT molecular complexity index is 681. The van der Waals surface area contributed by atoms with E-state index < -0.39 is 0 Å². The average molecular weight is 347 g/mol. The van der Waals surface area contributed by atoms with Gasteiger partial charge in [-0.05, 0) is 85.2 Å². The highest BCUT2D eigenvalue weighted by Gasteiger charge is 2.19. The summed E-state index contributed by atoms with van der Waals surface area (Å²) >= 11 is 0. The summed E-state index contributed by atoms with van der Waals surface area (Å²) in [7, 11) is 3.53. The summed E-state index contributed by atoms with van der Waals surface area (Å²) < 4.78 is 0. The van der Waals surface area contributed by atoms with Gasteiger partial charge >= 0.3 is 0 Å². The van der Waals surface area contributed by atoms with Gasteiger partial charge < -0.3 is 5.11 Å². The molecule has 0 saturated carbocycles. The van der Waals surface area contributed by atoms with Crippen LogP contribution in [0.2, 0.25) is 0 Å². The first-order valence-electron chi connectivity index (χ1n) is 7.86. The van der Waals surface area contributed by atoms with Gasteiger partial charge in [-0.15, -0.1) is 0 Å². The third-order valence-corrected chi connectivity index (χ3v) is 6.30. The Morgan fingerprint density at radius 1 is 0.696 bits per heavy atom. The van der Waals surface area contributed by atoms with Crippen LogP contribution in [0.3, 0.4) is 0 Å². The molecule has 0 aliphatic carbocycles. The Kier molecular flexibility index (Phi) is 5.42. The fourth-order valence-corrected chi connectivity index (χ4v) is 5.46. The lowest BCUT2D eigenvalue weighted by Gasteiger charge is -2.25. The van der Waals surface area contributed by atoms with Crippen molar-refractivity contribution in [3.05, 3.63) is 52.1 Å². The molecule has 0 fully saturated rings. The van der Waals surface area contributed by atoms with E-state index in [2.05, 4.69) is 46.8 Å². The van der Waals surface area contributed by atoms with Crippen molar-refractivity contribution in [3.8, 4) is 5.75 Å². The van der Waals surface area contributed by atoms with E-state index in [1.807, 2.05) is 26.0 Å². The maximum absolute atomic E-state index is 9.88. The maximum atomic E-state index is 9.88. The van der Waals surface area contributed by atoms with Gasteiger partial charge in [0.05, 0.1) is 0 Å². The number of phenols is 1. The molecule has 0 saturated heterocycles. The quantitative estimate of drug-likeness (QED) is 0.623. The van der Waals surface area contributed by atoms with Crippen LogP contribution in [-0.2, 0) is 5.41 Å². The lowest BCUT2D eigenvalue weighted by atomic mass is 9.81. The van der Waals surface area contributed by atoms with E-state index in [0.717, 1.165) is 11.1 Å².